The summed E-state index contributed by atoms with van der Waals surface area (Å²) < 4.78 is 26.8. The maximum atomic E-state index is 12.1. The first-order valence-electron chi connectivity index (χ1n) is 10.6. The number of fused-ring (bicyclic) bond motifs is 3. The number of nitro benzene ring substituents is 1. The fraction of sp³-hybridized carbons (Fsp3) is 0.250. The number of pyridine rings is 1. The highest BCUT2D eigenvalue weighted by molar-refractivity contribution is 6.09. The molecule has 11 heteroatoms. The van der Waals surface area contributed by atoms with Gasteiger partial charge in [-0.2, -0.15) is 0 Å². The van der Waals surface area contributed by atoms with E-state index in [1.807, 2.05) is 6.07 Å². The molecule has 0 amide bonds. The highest BCUT2D eigenvalue weighted by Crippen LogP contribution is 2.37. The molecule has 0 saturated heterocycles. The second kappa shape index (κ2) is 9.85. The van der Waals surface area contributed by atoms with Crippen LogP contribution in [-0.2, 0) is 16.1 Å². The smallest absolute Gasteiger partial charge is 0.490 e. The van der Waals surface area contributed by atoms with Gasteiger partial charge in [-0.15, -0.1) is 0 Å². The number of rotatable bonds is 8. The number of nitro groups is 1. The van der Waals surface area contributed by atoms with Gasteiger partial charge in [0.1, 0.15) is 11.5 Å². The van der Waals surface area contributed by atoms with Gasteiger partial charge in [0.05, 0.1) is 42.0 Å². The van der Waals surface area contributed by atoms with Crippen molar-refractivity contribution in [2.75, 3.05) is 14.2 Å². The van der Waals surface area contributed by atoms with E-state index in [4.69, 9.17) is 23.7 Å². The van der Waals surface area contributed by atoms with Crippen molar-refractivity contribution in [1.82, 2.24) is 9.97 Å². The van der Waals surface area contributed by atoms with Crippen LogP contribution in [0.4, 0.5) is 10.5 Å². The zero-order valence-electron chi connectivity index (χ0n) is 19.5. The third-order valence-corrected chi connectivity index (χ3v) is 5.05. The largest absolute Gasteiger partial charge is 0.515 e. The number of nitrogens with one attached hydrogen (secondary N) is 1. The number of hydrogen-bond donors (Lipinski definition) is 1. The summed E-state index contributed by atoms with van der Waals surface area (Å²) in [7, 11) is 2.88. The average Bonchev–Trinajstić information content (AvgIpc) is 3.18. The molecule has 35 heavy (non-hydrogen) atoms. The molecule has 0 atom stereocenters. The zero-order valence-corrected chi connectivity index (χ0v) is 19.5. The van der Waals surface area contributed by atoms with Crippen LogP contribution in [0.15, 0.2) is 42.6 Å². The van der Waals surface area contributed by atoms with Crippen molar-refractivity contribution in [3.63, 3.8) is 0 Å². The summed E-state index contributed by atoms with van der Waals surface area (Å²) in [6, 6.07) is 9.65. The zero-order chi connectivity index (χ0) is 25.1. The van der Waals surface area contributed by atoms with E-state index in [-0.39, 0.29) is 30.0 Å². The number of aromatic nitrogens is 2. The van der Waals surface area contributed by atoms with Gasteiger partial charge in [-0.1, -0.05) is 0 Å². The van der Waals surface area contributed by atoms with Gasteiger partial charge in [0, 0.05) is 35.5 Å². The first-order chi connectivity index (χ1) is 16.8. The number of aromatic amines is 1. The Morgan fingerprint density at radius 3 is 2.54 bits per heavy atom. The molecule has 0 aliphatic carbocycles. The summed E-state index contributed by atoms with van der Waals surface area (Å²) in [6.45, 7) is 3.57. The topological polar surface area (TPSA) is 135 Å². The van der Waals surface area contributed by atoms with E-state index in [2.05, 4.69) is 9.97 Å². The fourth-order valence-electron chi connectivity index (χ4n) is 3.66. The third kappa shape index (κ3) is 4.94. The Morgan fingerprint density at radius 1 is 1.11 bits per heavy atom. The fourth-order valence-corrected chi connectivity index (χ4v) is 3.66. The van der Waals surface area contributed by atoms with E-state index < -0.39 is 11.1 Å². The maximum Gasteiger partial charge on any atom is 0.515 e. The molecular formula is C24H23N3O8. The van der Waals surface area contributed by atoms with Gasteiger partial charge in [0.15, 0.2) is 0 Å². The third-order valence-electron chi connectivity index (χ3n) is 5.05. The van der Waals surface area contributed by atoms with Gasteiger partial charge < -0.3 is 28.7 Å². The summed E-state index contributed by atoms with van der Waals surface area (Å²) >= 11 is 0. The molecule has 4 rings (SSSR count). The molecule has 2 aromatic heterocycles. The minimum Gasteiger partial charge on any atom is -0.490 e. The molecule has 4 aromatic rings. The first kappa shape index (κ1) is 23.8. The van der Waals surface area contributed by atoms with Crippen molar-refractivity contribution < 1.29 is 33.4 Å². The Labute approximate surface area is 199 Å². The molecule has 182 valence electrons. The SMILES string of the molecule is COCc1c(OC(=O)OC(C)C)ncc2[nH]c3ccc(Oc4ccc([N+](=O)[O-])c(OC)c4)cc3c12. The molecule has 2 heterocycles. The summed E-state index contributed by atoms with van der Waals surface area (Å²) in [5.41, 5.74) is 1.92. The predicted octanol–water partition coefficient (Wildman–Crippen LogP) is 5.50. The molecule has 1 N–H and O–H groups in total. The summed E-state index contributed by atoms with van der Waals surface area (Å²) in [5, 5.41) is 12.7. The van der Waals surface area contributed by atoms with Crippen LogP contribution in [-0.4, -0.2) is 41.4 Å². The van der Waals surface area contributed by atoms with Crippen LogP contribution in [0.25, 0.3) is 21.8 Å². The summed E-state index contributed by atoms with van der Waals surface area (Å²) in [4.78, 5) is 30.3. The lowest BCUT2D eigenvalue weighted by molar-refractivity contribution is -0.385. The Balaban J connectivity index is 1.76. The Hall–Kier alpha value is -4.38. The van der Waals surface area contributed by atoms with E-state index in [9.17, 15) is 14.9 Å². The van der Waals surface area contributed by atoms with E-state index in [0.717, 1.165) is 16.3 Å². The molecule has 2 aromatic carbocycles. The lowest BCUT2D eigenvalue weighted by Gasteiger charge is -2.12. The van der Waals surface area contributed by atoms with Crippen LogP contribution in [0, 0.1) is 10.1 Å². The molecule has 0 aliphatic heterocycles. The van der Waals surface area contributed by atoms with Gasteiger partial charge in [0.2, 0.25) is 11.6 Å². The quantitative estimate of drug-likeness (QED) is 0.197. The molecule has 11 nitrogen and oxygen atoms in total. The summed E-state index contributed by atoms with van der Waals surface area (Å²) in [6.07, 6.45) is 0.358. The lowest BCUT2D eigenvalue weighted by atomic mass is 10.1. The monoisotopic (exact) mass is 481 g/mol. The highest BCUT2D eigenvalue weighted by Gasteiger charge is 2.20. The van der Waals surface area contributed by atoms with Crippen molar-refractivity contribution in [3.05, 3.63) is 58.3 Å². The number of methoxy groups -OCH3 is 2. The first-order valence-corrected chi connectivity index (χ1v) is 10.6. The number of H-pyrrole nitrogens is 1. The van der Waals surface area contributed by atoms with Gasteiger partial charge in [-0.05, 0) is 38.1 Å². The standard InChI is InChI=1S/C24H23N3O8/c1-13(2)33-24(28)35-23-17(12-31-3)22-16-9-14(5-7-18(16)26-19(22)11-25-23)34-15-6-8-20(27(29)30)21(10-15)32-4/h5-11,13,26H,12H2,1-4H3. The number of ether oxygens (including phenoxy) is 5. The highest BCUT2D eigenvalue weighted by atomic mass is 16.7. The molecule has 0 fully saturated rings. The summed E-state index contributed by atoms with van der Waals surface area (Å²) in [5.74, 6) is 1.02. The normalized spacial score (nSPS) is 11.1. The minimum atomic E-state index is -0.861. The van der Waals surface area contributed by atoms with Crippen molar-refractivity contribution in [2.24, 2.45) is 0 Å². The Bertz CT molecular complexity index is 1410. The van der Waals surface area contributed by atoms with Crippen LogP contribution < -0.4 is 14.2 Å². The van der Waals surface area contributed by atoms with Crippen LogP contribution in [0.2, 0.25) is 0 Å². The predicted molar refractivity (Wildman–Crippen MR) is 126 cm³/mol. The number of nitrogens with zero attached hydrogens (tertiary/aromatic N) is 2. The number of carbonyl (C=O) groups is 1. The Morgan fingerprint density at radius 2 is 1.86 bits per heavy atom. The second-order valence-corrected chi connectivity index (χ2v) is 7.81. The average molecular weight is 481 g/mol. The van der Waals surface area contributed by atoms with Gasteiger partial charge >= 0.3 is 11.8 Å². The van der Waals surface area contributed by atoms with E-state index >= 15 is 0 Å². The maximum absolute atomic E-state index is 12.1. The number of carbonyl (C=O) groups excluding carboxylic acids is 1. The molecular weight excluding hydrogens is 458 g/mol. The van der Waals surface area contributed by atoms with Gasteiger partial charge in [0.25, 0.3) is 0 Å². The van der Waals surface area contributed by atoms with Crippen LogP contribution >= 0.6 is 0 Å². The Kier molecular flexibility index (Phi) is 6.69. The second-order valence-electron chi connectivity index (χ2n) is 7.81. The number of hydrogen-bond acceptors (Lipinski definition) is 9. The van der Waals surface area contributed by atoms with E-state index in [1.54, 1.807) is 32.2 Å². The van der Waals surface area contributed by atoms with Crippen molar-refractivity contribution in [2.45, 2.75) is 26.6 Å². The van der Waals surface area contributed by atoms with Crippen molar-refractivity contribution in [1.29, 1.82) is 0 Å². The molecule has 0 saturated carbocycles. The van der Waals surface area contributed by atoms with E-state index in [0.29, 0.717) is 22.6 Å². The van der Waals surface area contributed by atoms with Crippen LogP contribution in [0.1, 0.15) is 19.4 Å². The molecule has 0 spiro atoms. The van der Waals surface area contributed by atoms with Gasteiger partial charge in [-0.3, -0.25) is 10.1 Å². The molecule has 0 unspecified atom stereocenters. The molecule has 0 radical (unpaired) electrons. The van der Waals surface area contributed by atoms with Crippen LogP contribution in [0.5, 0.6) is 23.1 Å². The van der Waals surface area contributed by atoms with E-state index in [1.165, 1.54) is 32.4 Å². The van der Waals surface area contributed by atoms with Gasteiger partial charge in [-0.25, -0.2) is 9.78 Å². The molecule has 0 bridgehead atoms. The van der Waals surface area contributed by atoms with Crippen molar-refractivity contribution in [3.8, 4) is 23.1 Å². The number of benzene rings is 2. The van der Waals surface area contributed by atoms with Crippen molar-refractivity contribution >= 4 is 33.6 Å². The minimum absolute atomic E-state index is 0.0809. The molecule has 0 aliphatic rings. The lowest BCUT2D eigenvalue weighted by Crippen LogP contribution is -2.17. The van der Waals surface area contributed by atoms with Crippen LogP contribution in [0.3, 0.4) is 0 Å².